The predicted octanol–water partition coefficient (Wildman–Crippen LogP) is 4.01. The smallest absolute Gasteiger partial charge is 0.224 e. The lowest BCUT2D eigenvalue weighted by molar-refractivity contribution is 0.355. The van der Waals surface area contributed by atoms with Crippen molar-refractivity contribution in [2.45, 2.75) is 12.5 Å². The van der Waals surface area contributed by atoms with Crippen LogP contribution >= 0.6 is 23.2 Å². The third-order valence-corrected chi connectivity index (χ3v) is 6.92. The molecule has 186 valence electrons. The summed E-state index contributed by atoms with van der Waals surface area (Å²) in [6.45, 7) is 2.19. The number of nitrogens with one attached hydrogen (secondary N) is 1. The molecule has 0 radical (unpaired) electrons. The van der Waals surface area contributed by atoms with Crippen molar-refractivity contribution >= 4 is 46.1 Å². The van der Waals surface area contributed by atoms with Gasteiger partial charge >= 0.3 is 0 Å². The molecule has 5 rings (SSSR count). The molecule has 2 aromatic carbocycles. The largest absolute Gasteiger partial charge is 0.493 e. The van der Waals surface area contributed by atoms with Gasteiger partial charge in [0, 0.05) is 41.3 Å². The number of nitrogens with zero attached hydrogens (tertiary/aromatic N) is 5. The Balaban J connectivity index is 1.58. The van der Waals surface area contributed by atoms with Crippen molar-refractivity contribution < 1.29 is 9.47 Å². The van der Waals surface area contributed by atoms with E-state index >= 15 is 0 Å². The van der Waals surface area contributed by atoms with Gasteiger partial charge in [0.25, 0.3) is 0 Å². The van der Waals surface area contributed by atoms with Crippen molar-refractivity contribution in [1.29, 1.82) is 0 Å². The maximum Gasteiger partial charge on any atom is 0.224 e. The number of piperazine rings is 1. The topological polar surface area (TPSA) is 111 Å². The van der Waals surface area contributed by atoms with Crippen LogP contribution in [0.3, 0.4) is 0 Å². The standard InChI is InChI=1S/C25H25Cl2N7O2/c1-35-20-7-6-14(10-21(20)36-2)19-13-30-23-22(31-19)24(33-25(28)32-23)34-9-8-29-12-15(34)11-16-17(26)4-3-5-18(16)27/h3-7,10,13,15,29H,8-9,11-12H2,1-2H3,(H2,28,30,32,33). The average molecular weight is 526 g/mol. The van der Waals surface area contributed by atoms with Crippen molar-refractivity contribution in [2.75, 3.05) is 44.5 Å². The number of hydrogen-bond donors (Lipinski definition) is 2. The molecule has 0 bridgehead atoms. The summed E-state index contributed by atoms with van der Waals surface area (Å²) >= 11 is 13.0. The van der Waals surface area contributed by atoms with Crippen LogP contribution in [0.1, 0.15) is 5.56 Å². The van der Waals surface area contributed by atoms with Crippen LogP contribution in [0.4, 0.5) is 11.8 Å². The van der Waals surface area contributed by atoms with E-state index in [1.54, 1.807) is 20.4 Å². The summed E-state index contributed by atoms with van der Waals surface area (Å²) in [5.41, 5.74) is 9.45. The summed E-state index contributed by atoms with van der Waals surface area (Å²) in [5.74, 6) is 2.00. The number of nitrogen functional groups attached to an aromatic ring is 1. The van der Waals surface area contributed by atoms with E-state index in [1.165, 1.54) is 0 Å². The van der Waals surface area contributed by atoms with Gasteiger partial charge in [0.2, 0.25) is 5.95 Å². The van der Waals surface area contributed by atoms with Gasteiger partial charge in [0.05, 0.1) is 26.1 Å². The number of methoxy groups -OCH3 is 2. The molecule has 1 fully saturated rings. The molecule has 3 N–H and O–H groups in total. The second-order valence-corrected chi connectivity index (χ2v) is 9.17. The first-order chi connectivity index (χ1) is 17.5. The van der Waals surface area contributed by atoms with Crippen LogP contribution in [0.2, 0.25) is 10.0 Å². The Morgan fingerprint density at radius 1 is 1.06 bits per heavy atom. The lowest BCUT2D eigenvalue weighted by atomic mass is 10.0. The highest BCUT2D eigenvalue weighted by molar-refractivity contribution is 6.36. The van der Waals surface area contributed by atoms with E-state index in [1.807, 2.05) is 36.4 Å². The molecular weight excluding hydrogens is 501 g/mol. The van der Waals surface area contributed by atoms with Crippen molar-refractivity contribution in [1.82, 2.24) is 25.3 Å². The first-order valence-corrected chi connectivity index (χ1v) is 12.2. The quantitative estimate of drug-likeness (QED) is 0.385. The van der Waals surface area contributed by atoms with Crippen molar-refractivity contribution in [3.05, 3.63) is 58.2 Å². The molecular formula is C25H25Cl2N7O2. The van der Waals surface area contributed by atoms with Crippen LogP contribution < -0.4 is 25.4 Å². The van der Waals surface area contributed by atoms with Crippen LogP contribution in [-0.2, 0) is 6.42 Å². The molecule has 1 atom stereocenters. The molecule has 9 nitrogen and oxygen atoms in total. The summed E-state index contributed by atoms with van der Waals surface area (Å²) in [6, 6.07) is 11.2. The second kappa shape index (κ2) is 10.3. The number of nitrogens with two attached hydrogens (primary N) is 1. The van der Waals surface area contributed by atoms with Crippen LogP contribution in [0.15, 0.2) is 42.6 Å². The zero-order valence-electron chi connectivity index (χ0n) is 19.8. The van der Waals surface area contributed by atoms with Gasteiger partial charge in [-0.05, 0) is 42.3 Å². The third-order valence-electron chi connectivity index (χ3n) is 6.21. The van der Waals surface area contributed by atoms with Gasteiger partial charge in [-0.3, -0.25) is 0 Å². The fourth-order valence-electron chi connectivity index (χ4n) is 4.43. The molecule has 1 aliphatic heterocycles. The molecule has 0 aliphatic carbocycles. The van der Waals surface area contributed by atoms with Crippen LogP contribution in [0.25, 0.3) is 22.4 Å². The zero-order chi connectivity index (χ0) is 25.2. The Kier molecular flexibility index (Phi) is 6.95. The minimum Gasteiger partial charge on any atom is -0.493 e. The van der Waals surface area contributed by atoms with Gasteiger partial charge in [-0.15, -0.1) is 0 Å². The molecule has 1 saturated heterocycles. The summed E-state index contributed by atoms with van der Waals surface area (Å²) in [6.07, 6.45) is 2.29. The highest BCUT2D eigenvalue weighted by Gasteiger charge is 2.28. The number of anilines is 2. The second-order valence-electron chi connectivity index (χ2n) is 8.36. The minimum absolute atomic E-state index is 0.0141. The highest BCUT2D eigenvalue weighted by atomic mass is 35.5. The molecule has 36 heavy (non-hydrogen) atoms. The van der Waals surface area contributed by atoms with Gasteiger partial charge < -0.3 is 25.4 Å². The number of hydrogen-bond acceptors (Lipinski definition) is 9. The fraction of sp³-hybridized carbons (Fsp3) is 0.280. The molecule has 2 aromatic heterocycles. The Morgan fingerprint density at radius 2 is 1.83 bits per heavy atom. The molecule has 11 heteroatoms. The van der Waals surface area contributed by atoms with Gasteiger partial charge in [-0.25, -0.2) is 9.97 Å². The maximum absolute atomic E-state index is 6.49. The molecule has 0 saturated carbocycles. The molecule has 1 aliphatic rings. The van der Waals surface area contributed by atoms with E-state index in [2.05, 4.69) is 25.2 Å². The molecule has 3 heterocycles. The molecule has 0 spiro atoms. The van der Waals surface area contributed by atoms with Crippen LogP contribution in [0, 0.1) is 0 Å². The van der Waals surface area contributed by atoms with E-state index in [0.29, 0.717) is 57.2 Å². The summed E-state index contributed by atoms with van der Waals surface area (Å²) in [5, 5.41) is 4.72. The van der Waals surface area contributed by atoms with Crippen molar-refractivity contribution in [2.24, 2.45) is 0 Å². The fourth-order valence-corrected chi connectivity index (χ4v) is 4.98. The van der Waals surface area contributed by atoms with E-state index in [0.717, 1.165) is 24.2 Å². The number of halogens is 2. The summed E-state index contributed by atoms with van der Waals surface area (Å²) in [7, 11) is 3.19. The van der Waals surface area contributed by atoms with E-state index in [4.69, 9.17) is 43.4 Å². The normalized spacial score (nSPS) is 15.8. The number of benzene rings is 2. The monoisotopic (exact) mass is 525 g/mol. The number of fused-ring (bicyclic) bond motifs is 1. The summed E-state index contributed by atoms with van der Waals surface area (Å²) in [4.78, 5) is 20.6. The Bertz CT molecular complexity index is 1400. The van der Waals surface area contributed by atoms with Crippen molar-refractivity contribution in [3.8, 4) is 22.8 Å². The molecule has 4 aromatic rings. The van der Waals surface area contributed by atoms with Crippen LogP contribution in [-0.4, -0.2) is 59.8 Å². The Hall–Kier alpha value is -3.40. The van der Waals surface area contributed by atoms with Crippen LogP contribution in [0.5, 0.6) is 11.5 Å². The Morgan fingerprint density at radius 3 is 2.58 bits per heavy atom. The van der Waals surface area contributed by atoms with E-state index < -0.39 is 0 Å². The zero-order valence-corrected chi connectivity index (χ0v) is 21.3. The maximum atomic E-state index is 6.49. The number of aromatic nitrogens is 4. The van der Waals surface area contributed by atoms with Gasteiger partial charge in [-0.1, -0.05) is 29.3 Å². The highest BCUT2D eigenvalue weighted by Crippen LogP contribution is 2.34. The van der Waals surface area contributed by atoms with E-state index in [9.17, 15) is 0 Å². The molecule has 0 amide bonds. The summed E-state index contributed by atoms with van der Waals surface area (Å²) < 4.78 is 10.8. The minimum atomic E-state index is 0.0141. The first kappa shape index (κ1) is 24.3. The van der Waals surface area contributed by atoms with Gasteiger partial charge in [0.1, 0.15) is 0 Å². The number of rotatable bonds is 6. The van der Waals surface area contributed by atoms with Gasteiger partial charge in [0.15, 0.2) is 28.5 Å². The van der Waals surface area contributed by atoms with E-state index in [-0.39, 0.29) is 12.0 Å². The number of ether oxygens (including phenoxy) is 2. The van der Waals surface area contributed by atoms with Crippen molar-refractivity contribution in [3.63, 3.8) is 0 Å². The lowest BCUT2D eigenvalue weighted by Gasteiger charge is -2.37. The molecule has 1 unspecified atom stereocenters. The third kappa shape index (κ3) is 4.69. The lowest BCUT2D eigenvalue weighted by Crippen LogP contribution is -2.53. The predicted molar refractivity (Wildman–Crippen MR) is 142 cm³/mol. The van der Waals surface area contributed by atoms with Gasteiger partial charge in [-0.2, -0.15) is 9.97 Å². The first-order valence-electron chi connectivity index (χ1n) is 11.4. The SMILES string of the molecule is COc1ccc(-c2cnc3nc(N)nc(N4CCNCC4Cc4c(Cl)cccc4Cl)c3n2)cc1OC. The Labute approximate surface area is 218 Å². The average Bonchev–Trinajstić information content (AvgIpc) is 2.90.